The van der Waals surface area contributed by atoms with Crippen molar-refractivity contribution in [2.24, 2.45) is 0 Å². The van der Waals surface area contributed by atoms with Crippen molar-refractivity contribution in [2.75, 3.05) is 7.05 Å². The Hall–Kier alpha value is -0.290. The smallest absolute Gasteiger partial charge is 0.366 e. The molecule has 0 saturated heterocycles. The van der Waals surface area contributed by atoms with Crippen LogP contribution in [0.1, 0.15) is 19.8 Å². The molecule has 1 aliphatic rings. The minimum absolute atomic E-state index is 0.228. The maximum atomic E-state index is 12.0. The van der Waals surface area contributed by atoms with E-state index in [9.17, 15) is 13.2 Å². The lowest BCUT2D eigenvalue weighted by atomic mass is 9.89. The van der Waals surface area contributed by atoms with Gasteiger partial charge in [-0.05, 0) is 26.8 Å². The summed E-state index contributed by atoms with van der Waals surface area (Å²) in [6, 6.07) is 0.324. The first-order chi connectivity index (χ1) is 5.93. The molecular formula is C8H14F3NO. The predicted molar refractivity (Wildman–Crippen MR) is 42.5 cm³/mol. The molecule has 0 aromatic rings. The highest BCUT2D eigenvalue weighted by molar-refractivity contribution is 4.85. The van der Waals surface area contributed by atoms with Crippen LogP contribution < -0.4 is 5.32 Å². The van der Waals surface area contributed by atoms with E-state index < -0.39 is 12.3 Å². The molecule has 78 valence electrons. The lowest BCUT2D eigenvalue weighted by Crippen LogP contribution is -2.46. The average Bonchev–Trinajstić information content (AvgIpc) is 1.93. The van der Waals surface area contributed by atoms with Gasteiger partial charge in [-0.2, -0.15) is 13.2 Å². The van der Waals surface area contributed by atoms with E-state index in [1.54, 1.807) is 7.05 Å². The van der Waals surface area contributed by atoms with Gasteiger partial charge in [0, 0.05) is 6.04 Å². The van der Waals surface area contributed by atoms with Crippen LogP contribution in [0, 0.1) is 0 Å². The van der Waals surface area contributed by atoms with Crippen molar-refractivity contribution in [1.29, 1.82) is 0 Å². The maximum Gasteiger partial charge on any atom is 0.414 e. The van der Waals surface area contributed by atoms with Gasteiger partial charge in [-0.3, -0.25) is 0 Å². The molecule has 1 rings (SSSR count). The Kier molecular flexibility index (Phi) is 3.18. The van der Waals surface area contributed by atoms with Gasteiger partial charge < -0.3 is 10.1 Å². The van der Waals surface area contributed by atoms with Gasteiger partial charge in [-0.25, -0.2) is 0 Å². The fraction of sp³-hybridized carbons (Fsp3) is 1.00. The second-order valence-corrected chi connectivity index (χ2v) is 3.40. The topological polar surface area (TPSA) is 21.3 Å². The van der Waals surface area contributed by atoms with Crippen LogP contribution >= 0.6 is 0 Å². The first-order valence-electron chi connectivity index (χ1n) is 4.33. The highest BCUT2D eigenvalue weighted by atomic mass is 19.4. The molecule has 13 heavy (non-hydrogen) atoms. The second-order valence-electron chi connectivity index (χ2n) is 3.40. The van der Waals surface area contributed by atoms with E-state index in [1.165, 1.54) is 0 Å². The average molecular weight is 197 g/mol. The van der Waals surface area contributed by atoms with Gasteiger partial charge in [0.2, 0.25) is 0 Å². The first-order valence-corrected chi connectivity index (χ1v) is 4.33. The zero-order valence-electron chi connectivity index (χ0n) is 7.69. The van der Waals surface area contributed by atoms with E-state index in [4.69, 9.17) is 4.74 Å². The number of alkyl halides is 3. The highest BCUT2D eigenvalue weighted by Crippen LogP contribution is 2.29. The maximum absolute atomic E-state index is 12.0. The van der Waals surface area contributed by atoms with Gasteiger partial charge in [0.25, 0.3) is 0 Å². The zero-order valence-corrected chi connectivity index (χ0v) is 7.69. The summed E-state index contributed by atoms with van der Waals surface area (Å²) in [4.78, 5) is 0. The summed E-state index contributed by atoms with van der Waals surface area (Å²) in [6.07, 6.45) is -4.75. The Morgan fingerprint density at radius 1 is 1.38 bits per heavy atom. The SMILES string of the molecule is CNC1CC(OC(C)C(F)(F)F)C1. The molecule has 1 N–H and O–H groups in total. The molecule has 0 aromatic carbocycles. The molecule has 0 heterocycles. The summed E-state index contributed by atoms with van der Waals surface area (Å²) >= 11 is 0. The van der Waals surface area contributed by atoms with Crippen molar-refractivity contribution in [3.05, 3.63) is 0 Å². The molecule has 1 saturated carbocycles. The minimum Gasteiger partial charge on any atom is -0.366 e. The van der Waals surface area contributed by atoms with Crippen molar-refractivity contribution in [1.82, 2.24) is 5.32 Å². The Bertz CT molecular complexity index is 165. The van der Waals surface area contributed by atoms with Gasteiger partial charge in [-0.1, -0.05) is 0 Å². The Labute approximate surface area is 75.4 Å². The van der Waals surface area contributed by atoms with E-state index in [0.717, 1.165) is 6.92 Å². The summed E-state index contributed by atoms with van der Waals surface area (Å²) in [5.41, 5.74) is 0. The molecule has 1 fully saturated rings. The Balaban J connectivity index is 2.20. The highest BCUT2D eigenvalue weighted by Gasteiger charge is 2.41. The molecule has 0 aliphatic heterocycles. The number of ether oxygens (including phenoxy) is 1. The third-order valence-electron chi connectivity index (χ3n) is 2.36. The minimum atomic E-state index is -4.23. The molecular weight excluding hydrogens is 183 g/mol. The molecule has 0 bridgehead atoms. The fourth-order valence-electron chi connectivity index (χ4n) is 1.28. The van der Waals surface area contributed by atoms with Crippen molar-refractivity contribution in [2.45, 2.75) is 44.2 Å². The van der Waals surface area contributed by atoms with E-state index in [0.29, 0.717) is 18.9 Å². The molecule has 0 amide bonds. The lowest BCUT2D eigenvalue weighted by molar-refractivity contribution is -0.235. The number of hydrogen-bond donors (Lipinski definition) is 1. The van der Waals surface area contributed by atoms with Crippen LogP contribution in [0.4, 0.5) is 13.2 Å². The van der Waals surface area contributed by atoms with Gasteiger partial charge in [0.05, 0.1) is 6.10 Å². The molecule has 1 aliphatic carbocycles. The van der Waals surface area contributed by atoms with Crippen LogP contribution in [-0.4, -0.2) is 31.5 Å². The standard InChI is InChI=1S/C8H14F3NO/c1-5(8(9,10)11)13-7-3-6(4-7)12-2/h5-7,12H,3-4H2,1-2H3. The molecule has 1 atom stereocenters. The van der Waals surface area contributed by atoms with E-state index in [2.05, 4.69) is 5.32 Å². The molecule has 0 spiro atoms. The summed E-state index contributed by atoms with van der Waals surface area (Å²) in [7, 11) is 1.80. The van der Waals surface area contributed by atoms with Crippen LogP contribution in [0.5, 0.6) is 0 Å². The van der Waals surface area contributed by atoms with E-state index in [-0.39, 0.29) is 6.10 Å². The van der Waals surface area contributed by atoms with Crippen molar-refractivity contribution in [3.8, 4) is 0 Å². The van der Waals surface area contributed by atoms with Crippen molar-refractivity contribution < 1.29 is 17.9 Å². The number of hydrogen-bond acceptors (Lipinski definition) is 2. The zero-order chi connectivity index (χ0) is 10.1. The van der Waals surface area contributed by atoms with Gasteiger partial charge in [0.1, 0.15) is 0 Å². The van der Waals surface area contributed by atoms with Crippen LogP contribution in [0.15, 0.2) is 0 Å². The van der Waals surface area contributed by atoms with Gasteiger partial charge in [0.15, 0.2) is 6.10 Å². The van der Waals surface area contributed by atoms with E-state index >= 15 is 0 Å². The summed E-state index contributed by atoms with van der Waals surface area (Å²) in [5, 5.41) is 2.98. The van der Waals surface area contributed by atoms with Crippen LogP contribution in [0.25, 0.3) is 0 Å². The van der Waals surface area contributed by atoms with Crippen LogP contribution in [0.3, 0.4) is 0 Å². The third kappa shape index (κ3) is 2.84. The van der Waals surface area contributed by atoms with Crippen molar-refractivity contribution in [3.63, 3.8) is 0 Å². The molecule has 0 radical (unpaired) electrons. The predicted octanol–water partition coefficient (Wildman–Crippen LogP) is 1.70. The number of halogens is 3. The molecule has 1 unspecified atom stereocenters. The fourth-order valence-corrected chi connectivity index (χ4v) is 1.28. The normalized spacial score (nSPS) is 31.2. The largest absolute Gasteiger partial charge is 0.414 e. The van der Waals surface area contributed by atoms with Gasteiger partial charge in [-0.15, -0.1) is 0 Å². The molecule has 5 heteroatoms. The summed E-state index contributed by atoms with van der Waals surface area (Å²) < 4.78 is 40.8. The van der Waals surface area contributed by atoms with Gasteiger partial charge >= 0.3 is 6.18 Å². The quantitative estimate of drug-likeness (QED) is 0.743. The molecule has 0 aromatic heterocycles. The lowest BCUT2D eigenvalue weighted by Gasteiger charge is -2.36. The number of nitrogens with one attached hydrogen (secondary N) is 1. The van der Waals surface area contributed by atoms with Crippen molar-refractivity contribution >= 4 is 0 Å². The third-order valence-corrected chi connectivity index (χ3v) is 2.36. The summed E-state index contributed by atoms with van der Waals surface area (Å²) in [5.74, 6) is 0. The monoisotopic (exact) mass is 197 g/mol. The van der Waals surface area contributed by atoms with Crippen LogP contribution in [0.2, 0.25) is 0 Å². The van der Waals surface area contributed by atoms with E-state index in [1.807, 2.05) is 0 Å². The first kappa shape index (κ1) is 10.8. The number of rotatable bonds is 3. The molecule has 2 nitrogen and oxygen atoms in total. The summed E-state index contributed by atoms with van der Waals surface area (Å²) in [6.45, 7) is 1.05. The second kappa shape index (κ2) is 3.84. The van der Waals surface area contributed by atoms with Crippen LogP contribution in [-0.2, 0) is 4.74 Å². The Morgan fingerprint density at radius 2 is 1.92 bits per heavy atom. The Morgan fingerprint density at radius 3 is 2.31 bits per heavy atom.